The number of hydrogen-bond acceptors (Lipinski definition) is 14. The maximum atomic E-state index is 13.0. The molecule has 0 unspecified atom stereocenters. The monoisotopic (exact) mass is 859 g/mol. The van der Waals surface area contributed by atoms with Gasteiger partial charge in [-0.3, -0.25) is 9.59 Å². The van der Waals surface area contributed by atoms with Crippen molar-refractivity contribution in [2.45, 2.75) is 58.3 Å². The van der Waals surface area contributed by atoms with Crippen LogP contribution in [0.4, 0.5) is 23.0 Å². The third-order valence-electron chi connectivity index (χ3n) is 11.6. The average Bonchev–Trinajstić information content (AvgIpc) is 4.09. The number of nitrogens with one attached hydrogen (secondary N) is 2. The normalized spacial score (nSPS) is 15.9. The largest absolute Gasteiger partial charge is 0.493 e. The number of aliphatic carboxylic acids is 1. The van der Waals surface area contributed by atoms with Crippen LogP contribution >= 0.6 is 22.7 Å². The summed E-state index contributed by atoms with van der Waals surface area (Å²) >= 11 is 3.24. The lowest BCUT2D eigenvalue weighted by Crippen LogP contribution is -2.36. The first-order valence-corrected chi connectivity index (χ1v) is 21.9. The van der Waals surface area contributed by atoms with E-state index in [2.05, 4.69) is 47.7 Å². The Kier molecular flexibility index (Phi) is 11.1. The highest BCUT2D eigenvalue weighted by molar-refractivity contribution is 7.19. The summed E-state index contributed by atoms with van der Waals surface area (Å²) in [6.45, 7) is 2.98. The van der Waals surface area contributed by atoms with E-state index in [-0.39, 0.29) is 17.7 Å². The van der Waals surface area contributed by atoms with Crippen LogP contribution in [0.15, 0.2) is 61.7 Å². The van der Waals surface area contributed by atoms with Crippen LogP contribution in [0.2, 0.25) is 0 Å². The molecule has 2 aliphatic rings. The first-order valence-electron chi connectivity index (χ1n) is 20.3. The SMILES string of the molecule is CCCCN(C)C(=O)[C@H]1CCc2c(sc3ncnc(Nc4cc5ccnn5cc4OC)c23)C1.COc1cn2nccc2cc1Nc1ncnc2sc3c(c12)CC[C@H](C(=O)O)C3. The van der Waals surface area contributed by atoms with Crippen molar-refractivity contribution in [3.63, 3.8) is 0 Å². The molecule has 0 saturated carbocycles. The average molecular weight is 860 g/mol. The Hall–Kier alpha value is -6.40. The zero-order chi connectivity index (χ0) is 42.2. The van der Waals surface area contributed by atoms with E-state index in [0.29, 0.717) is 36.6 Å². The van der Waals surface area contributed by atoms with E-state index in [4.69, 9.17) is 9.47 Å². The Labute approximate surface area is 358 Å². The molecule has 61 heavy (non-hydrogen) atoms. The number of unbranched alkanes of at least 4 members (excludes halogenated alkanes) is 1. The van der Waals surface area contributed by atoms with E-state index < -0.39 is 5.97 Å². The molecule has 8 aromatic rings. The summed E-state index contributed by atoms with van der Waals surface area (Å²) in [6, 6.07) is 7.82. The van der Waals surface area contributed by atoms with E-state index in [0.717, 1.165) is 97.7 Å². The lowest BCUT2D eigenvalue weighted by molar-refractivity contribution is -0.142. The Morgan fingerprint density at radius 2 is 1.31 bits per heavy atom. The number of nitrogens with zero attached hydrogens (tertiary/aromatic N) is 9. The molecular weight excluding hydrogens is 815 g/mol. The molecule has 0 aromatic carbocycles. The van der Waals surface area contributed by atoms with Crippen LogP contribution in [0.1, 0.15) is 53.5 Å². The highest BCUT2D eigenvalue weighted by atomic mass is 32.1. The number of fused-ring (bicyclic) bond motifs is 8. The van der Waals surface area contributed by atoms with Crippen molar-refractivity contribution < 1.29 is 24.2 Å². The number of carbonyl (C=O) groups excluding carboxylic acids is 1. The second-order valence-corrected chi connectivity index (χ2v) is 17.5. The molecule has 0 spiro atoms. The number of anilines is 4. The fourth-order valence-corrected chi connectivity index (χ4v) is 10.9. The first kappa shape index (κ1) is 40.0. The van der Waals surface area contributed by atoms with E-state index in [9.17, 15) is 14.7 Å². The fourth-order valence-electron chi connectivity index (χ4n) is 8.32. The van der Waals surface area contributed by atoms with Crippen molar-refractivity contribution in [3.8, 4) is 11.5 Å². The minimum Gasteiger partial charge on any atom is -0.493 e. The van der Waals surface area contributed by atoms with Gasteiger partial charge in [-0.25, -0.2) is 29.0 Å². The van der Waals surface area contributed by atoms with Gasteiger partial charge < -0.3 is 30.1 Å². The summed E-state index contributed by atoms with van der Waals surface area (Å²) in [5.41, 5.74) is 5.93. The summed E-state index contributed by atoms with van der Waals surface area (Å²) in [5.74, 6) is 2.06. The van der Waals surface area contributed by atoms with Crippen LogP contribution in [0, 0.1) is 11.8 Å². The molecule has 16 nitrogen and oxygen atoms in total. The zero-order valence-corrected chi connectivity index (χ0v) is 35.8. The third-order valence-corrected chi connectivity index (χ3v) is 13.9. The van der Waals surface area contributed by atoms with Gasteiger partial charge in [0.05, 0.1) is 65.7 Å². The van der Waals surface area contributed by atoms with Gasteiger partial charge in [-0.15, -0.1) is 22.7 Å². The van der Waals surface area contributed by atoms with Crippen LogP contribution in [-0.2, 0) is 35.3 Å². The van der Waals surface area contributed by atoms with Crippen molar-refractivity contribution in [3.05, 3.63) is 82.6 Å². The molecule has 2 atom stereocenters. The molecule has 0 radical (unpaired) electrons. The number of methoxy groups -OCH3 is 2. The summed E-state index contributed by atoms with van der Waals surface area (Å²) in [5, 5.41) is 26.8. The molecule has 0 bridgehead atoms. The number of carboxylic acid groups (broad SMARTS) is 1. The van der Waals surface area contributed by atoms with Crippen LogP contribution in [0.5, 0.6) is 11.5 Å². The van der Waals surface area contributed by atoms with Gasteiger partial charge in [0.15, 0.2) is 11.5 Å². The number of amides is 1. The van der Waals surface area contributed by atoms with Gasteiger partial charge in [-0.05, 0) is 80.3 Å². The van der Waals surface area contributed by atoms with Gasteiger partial charge in [0.2, 0.25) is 5.91 Å². The molecule has 0 saturated heterocycles. The Bertz CT molecular complexity index is 2920. The molecule has 1 amide bonds. The van der Waals surface area contributed by atoms with Crippen molar-refractivity contribution in [1.82, 2.24) is 44.1 Å². The van der Waals surface area contributed by atoms with Gasteiger partial charge in [0.25, 0.3) is 0 Å². The van der Waals surface area contributed by atoms with Gasteiger partial charge in [0, 0.05) is 41.7 Å². The van der Waals surface area contributed by atoms with Crippen molar-refractivity contribution in [2.24, 2.45) is 11.8 Å². The Morgan fingerprint density at radius 1 is 0.803 bits per heavy atom. The second kappa shape index (κ2) is 16.9. The number of aromatic nitrogens is 8. The number of thiophene rings is 2. The maximum Gasteiger partial charge on any atom is 0.306 e. The predicted octanol–water partition coefficient (Wildman–Crippen LogP) is 7.74. The molecule has 8 heterocycles. The number of carboxylic acids is 1. The zero-order valence-electron chi connectivity index (χ0n) is 34.2. The highest BCUT2D eigenvalue weighted by Crippen LogP contribution is 2.43. The van der Waals surface area contributed by atoms with Crippen LogP contribution in [0.25, 0.3) is 31.5 Å². The number of pyridine rings is 2. The van der Waals surface area contributed by atoms with E-state index in [1.165, 1.54) is 16.8 Å². The van der Waals surface area contributed by atoms with E-state index >= 15 is 0 Å². The summed E-state index contributed by atoms with van der Waals surface area (Å²) in [6.07, 6.45) is 16.8. The summed E-state index contributed by atoms with van der Waals surface area (Å²) in [4.78, 5) is 48.4. The summed E-state index contributed by atoms with van der Waals surface area (Å²) in [7, 11) is 5.19. The number of hydrogen-bond donors (Lipinski definition) is 3. The molecule has 8 aromatic heterocycles. The minimum absolute atomic E-state index is 0.0427. The van der Waals surface area contributed by atoms with Gasteiger partial charge in [0.1, 0.15) is 34.0 Å². The number of carbonyl (C=O) groups is 2. The lowest BCUT2D eigenvalue weighted by atomic mass is 9.87. The number of ether oxygens (including phenoxy) is 2. The second-order valence-electron chi connectivity index (χ2n) is 15.3. The quantitative estimate of drug-likeness (QED) is 0.115. The molecule has 18 heteroatoms. The molecule has 3 N–H and O–H groups in total. The van der Waals surface area contributed by atoms with Crippen molar-refractivity contribution in [2.75, 3.05) is 38.4 Å². The lowest BCUT2D eigenvalue weighted by Gasteiger charge is -2.26. The van der Waals surface area contributed by atoms with Gasteiger partial charge in [-0.1, -0.05) is 13.3 Å². The van der Waals surface area contributed by atoms with Crippen LogP contribution in [0.3, 0.4) is 0 Å². The fraction of sp³-hybridized carbons (Fsp3) is 0.349. The van der Waals surface area contributed by atoms with Gasteiger partial charge in [-0.2, -0.15) is 10.2 Å². The third kappa shape index (κ3) is 7.76. The molecule has 0 fully saturated rings. The smallest absolute Gasteiger partial charge is 0.306 e. The molecule has 10 rings (SSSR count). The predicted molar refractivity (Wildman–Crippen MR) is 236 cm³/mol. The topological polar surface area (TPSA) is 186 Å². The Balaban J connectivity index is 0.000000158. The van der Waals surface area contributed by atoms with Crippen LogP contribution < -0.4 is 20.1 Å². The van der Waals surface area contributed by atoms with Crippen LogP contribution in [-0.4, -0.2) is 88.9 Å². The molecule has 2 aliphatic carbocycles. The number of aryl methyl sites for hydroxylation is 2. The molecule has 0 aliphatic heterocycles. The minimum atomic E-state index is -0.730. The first-order chi connectivity index (χ1) is 29.7. The van der Waals surface area contributed by atoms with Gasteiger partial charge >= 0.3 is 5.97 Å². The maximum absolute atomic E-state index is 13.0. The van der Waals surface area contributed by atoms with Crippen molar-refractivity contribution in [1.29, 1.82) is 0 Å². The number of rotatable bonds is 11. The van der Waals surface area contributed by atoms with E-state index in [1.807, 2.05) is 48.6 Å². The van der Waals surface area contributed by atoms with Crippen molar-refractivity contribution >= 4 is 89.0 Å². The standard InChI is InChI=1S/C24H28N6O2S.C19H17N5O3S/c1-4-5-10-29(2)24(31)15-6-7-17-20(11-15)33-23-21(17)22(25-14-26-23)28-18-12-16-8-9-27-30(16)13-19(18)32-3;1-27-14-8-24-11(4-5-22-24)7-13(14)23-17-16-12-3-2-10(19(25)26)6-15(12)28-18(16)21-9-20-17/h8-9,12-15H,4-7,10-11H2,1-3H3,(H,25,26,28);4-5,7-10H,2-3,6H2,1H3,(H,25,26)(H,20,21,23)/t15-;10-/m00/s1. The van der Waals surface area contributed by atoms with E-state index in [1.54, 1.807) is 64.6 Å². The molecular formula is C43H45N11O5S2. The highest BCUT2D eigenvalue weighted by Gasteiger charge is 2.31. The Morgan fingerprint density at radius 3 is 1.80 bits per heavy atom. The molecule has 314 valence electrons. The summed E-state index contributed by atoms with van der Waals surface area (Å²) < 4.78 is 14.6.